The summed E-state index contributed by atoms with van der Waals surface area (Å²) in [5.74, 6) is -0.724. The number of rotatable bonds is 6. The first-order chi connectivity index (χ1) is 11.8. The van der Waals surface area contributed by atoms with Crippen LogP contribution in [0, 0.1) is 17.0 Å². The molecule has 0 aliphatic carbocycles. The Kier molecular flexibility index (Phi) is 5.75. The SMILES string of the molecule is CSc1ccc(C(=O)O[C@@H](C)C(=O)Nc2cc(C)on2)cc1[N+](=O)[O-]. The molecule has 1 heterocycles. The first kappa shape index (κ1) is 18.5. The highest BCUT2D eigenvalue weighted by molar-refractivity contribution is 7.98. The number of nitrogens with one attached hydrogen (secondary N) is 1. The van der Waals surface area contributed by atoms with E-state index in [1.54, 1.807) is 13.2 Å². The average Bonchev–Trinajstić information content (AvgIpc) is 2.98. The van der Waals surface area contributed by atoms with Crippen molar-refractivity contribution in [3.63, 3.8) is 0 Å². The van der Waals surface area contributed by atoms with Crippen LogP contribution in [0.5, 0.6) is 0 Å². The lowest BCUT2D eigenvalue weighted by atomic mass is 10.2. The number of nitro groups is 1. The fourth-order valence-corrected chi connectivity index (χ4v) is 2.44. The van der Waals surface area contributed by atoms with Crippen molar-refractivity contribution < 1.29 is 23.8 Å². The van der Waals surface area contributed by atoms with Crippen LogP contribution in [0.15, 0.2) is 33.7 Å². The number of nitrogens with zero attached hydrogens (tertiary/aromatic N) is 2. The monoisotopic (exact) mass is 365 g/mol. The smallest absolute Gasteiger partial charge is 0.339 e. The van der Waals surface area contributed by atoms with E-state index in [0.717, 1.165) is 6.07 Å². The van der Waals surface area contributed by atoms with Gasteiger partial charge in [-0.2, -0.15) is 0 Å². The van der Waals surface area contributed by atoms with Crippen molar-refractivity contribution in [1.82, 2.24) is 5.16 Å². The van der Waals surface area contributed by atoms with Gasteiger partial charge in [-0.1, -0.05) is 5.16 Å². The number of ether oxygens (including phenoxy) is 1. The summed E-state index contributed by atoms with van der Waals surface area (Å²) in [5.41, 5.74) is -0.210. The Balaban J connectivity index is 2.06. The van der Waals surface area contributed by atoms with E-state index in [1.807, 2.05) is 0 Å². The molecule has 0 fully saturated rings. The highest BCUT2D eigenvalue weighted by Gasteiger charge is 2.22. The van der Waals surface area contributed by atoms with Crippen molar-refractivity contribution in [3.05, 3.63) is 45.7 Å². The average molecular weight is 365 g/mol. The highest BCUT2D eigenvalue weighted by Crippen LogP contribution is 2.28. The maximum Gasteiger partial charge on any atom is 0.339 e. The fraction of sp³-hybridized carbons (Fsp3) is 0.267. The Labute approximate surface area is 146 Å². The molecular formula is C15H15N3O6S. The van der Waals surface area contributed by atoms with Gasteiger partial charge in [-0.05, 0) is 32.2 Å². The largest absolute Gasteiger partial charge is 0.449 e. The zero-order valence-corrected chi connectivity index (χ0v) is 14.5. The van der Waals surface area contributed by atoms with Crippen LogP contribution in [0.1, 0.15) is 23.0 Å². The molecule has 0 aliphatic heterocycles. The lowest BCUT2D eigenvalue weighted by Gasteiger charge is -2.12. The standard InChI is InChI=1S/C15H15N3O6S/c1-8-6-13(17-24-8)16-14(19)9(2)23-15(20)10-4-5-12(25-3)11(7-10)18(21)22/h4-7,9H,1-3H3,(H,16,17,19)/t9-/m0/s1. The van der Waals surface area contributed by atoms with Crippen LogP contribution in [0.4, 0.5) is 11.5 Å². The molecule has 1 aromatic carbocycles. The molecule has 0 radical (unpaired) electrons. The molecule has 9 nitrogen and oxygen atoms in total. The van der Waals surface area contributed by atoms with Crippen LogP contribution in [0.25, 0.3) is 0 Å². The van der Waals surface area contributed by atoms with E-state index < -0.39 is 22.9 Å². The molecule has 0 bridgehead atoms. The molecule has 25 heavy (non-hydrogen) atoms. The summed E-state index contributed by atoms with van der Waals surface area (Å²) in [5, 5.41) is 17.1. The molecule has 1 atom stereocenters. The zero-order chi connectivity index (χ0) is 18.6. The van der Waals surface area contributed by atoms with Gasteiger partial charge in [-0.15, -0.1) is 11.8 Å². The second-order valence-corrected chi connectivity index (χ2v) is 5.85. The Morgan fingerprint density at radius 2 is 2.12 bits per heavy atom. The van der Waals surface area contributed by atoms with Gasteiger partial charge in [0.1, 0.15) is 5.76 Å². The lowest BCUT2D eigenvalue weighted by Crippen LogP contribution is -2.30. The molecule has 0 aliphatic rings. The number of hydrogen-bond acceptors (Lipinski definition) is 8. The quantitative estimate of drug-likeness (QED) is 0.358. The van der Waals surface area contributed by atoms with E-state index in [0.29, 0.717) is 10.7 Å². The number of amides is 1. The van der Waals surface area contributed by atoms with Gasteiger partial charge in [0.15, 0.2) is 11.9 Å². The molecule has 1 amide bonds. The number of benzene rings is 1. The lowest BCUT2D eigenvalue weighted by molar-refractivity contribution is -0.387. The van der Waals surface area contributed by atoms with Crippen LogP contribution < -0.4 is 5.32 Å². The first-order valence-corrected chi connectivity index (χ1v) is 8.32. The van der Waals surface area contributed by atoms with Gasteiger partial charge in [-0.3, -0.25) is 14.9 Å². The second kappa shape index (κ2) is 7.79. The van der Waals surface area contributed by atoms with Crippen molar-refractivity contribution >= 4 is 35.1 Å². The van der Waals surface area contributed by atoms with Gasteiger partial charge in [-0.25, -0.2) is 4.79 Å². The van der Waals surface area contributed by atoms with Crippen molar-refractivity contribution in [3.8, 4) is 0 Å². The molecule has 0 spiro atoms. The fourth-order valence-electron chi connectivity index (χ4n) is 1.89. The van der Waals surface area contributed by atoms with E-state index in [4.69, 9.17) is 9.26 Å². The van der Waals surface area contributed by atoms with Gasteiger partial charge in [0, 0.05) is 12.1 Å². The van der Waals surface area contributed by atoms with Gasteiger partial charge in [0.2, 0.25) is 0 Å². The van der Waals surface area contributed by atoms with Gasteiger partial charge in [0.05, 0.1) is 15.4 Å². The number of thioether (sulfide) groups is 1. The Morgan fingerprint density at radius 3 is 2.68 bits per heavy atom. The normalized spacial score (nSPS) is 11.6. The van der Waals surface area contributed by atoms with Crippen LogP contribution in [-0.4, -0.2) is 34.3 Å². The minimum Gasteiger partial charge on any atom is -0.449 e. The van der Waals surface area contributed by atoms with Crippen LogP contribution in [0.3, 0.4) is 0 Å². The minimum atomic E-state index is -1.12. The third-order valence-electron chi connectivity index (χ3n) is 3.14. The highest BCUT2D eigenvalue weighted by atomic mass is 32.2. The summed E-state index contributed by atoms with van der Waals surface area (Å²) in [7, 11) is 0. The number of hydrogen-bond donors (Lipinski definition) is 1. The Bertz CT molecular complexity index is 819. The summed E-state index contributed by atoms with van der Waals surface area (Å²) < 4.78 is 9.86. The van der Waals surface area contributed by atoms with Crippen LogP contribution in [0.2, 0.25) is 0 Å². The maximum absolute atomic E-state index is 12.1. The number of aromatic nitrogens is 1. The number of carbonyl (C=O) groups is 2. The number of anilines is 1. The minimum absolute atomic E-state index is 0.0126. The van der Waals surface area contributed by atoms with Gasteiger partial charge < -0.3 is 14.6 Å². The molecule has 10 heteroatoms. The summed E-state index contributed by atoms with van der Waals surface area (Å²) in [4.78, 5) is 35.0. The number of esters is 1. The topological polar surface area (TPSA) is 125 Å². The second-order valence-electron chi connectivity index (χ2n) is 5.00. The number of carbonyl (C=O) groups excluding carboxylic acids is 2. The van der Waals surface area contributed by atoms with Crippen LogP contribution >= 0.6 is 11.8 Å². The predicted molar refractivity (Wildman–Crippen MR) is 89.6 cm³/mol. The van der Waals surface area contributed by atoms with E-state index >= 15 is 0 Å². The van der Waals surface area contributed by atoms with Crippen molar-refractivity contribution in [2.45, 2.75) is 24.8 Å². The molecule has 1 N–H and O–H groups in total. The van der Waals surface area contributed by atoms with Crippen molar-refractivity contribution in [2.75, 3.05) is 11.6 Å². The molecule has 132 valence electrons. The van der Waals surface area contributed by atoms with E-state index in [2.05, 4.69) is 10.5 Å². The molecule has 2 rings (SSSR count). The summed E-state index contributed by atoms with van der Waals surface area (Å²) in [6.45, 7) is 3.04. The van der Waals surface area contributed by atoms with Crippen molar-refractivity contribution in [1.29, 1.82) is 0 Å². The number of aryl methyl sites for hydroxylation is 1. The van der Waals surface area contributed by atoms with E-state index in [9.17, 15) is 19.7 Å². The molecule has 2 aromatic rings. The Hall–Kier alpha value is -2.88. The first-order valence-electron chi connectivity index (χ1n) is 7.09. The van der Waals surface area contributed by atoms with E-state index in [1.165, 1.54) is 36.9 Å². The molecular weight excluding hydrogens is 350 g/mol. The molecule has 1 aromatic heterocycles. The van der Waals surface area contributed by atoms with E-state index in [-0.39, 0.29) is 17.1 Å². The molecule has 0 unspecified atom stereocenters. The predicted octanol–water partition coefficient (Wildman–Crippen LogP) is 2.80. The zero-order valence-electron chi connectivity index (χ0n) is 13.6. The van der Waals surface area contributed by atoms with Crippen LogP contribution in [-0.2, 0) is 9.53 Å². The third kappa shape index (κ3) is 4.57. The van der Waals surface area contributed by atoms with Gasteiger partial charge >= 0.3 is 5.97 Å². The maximum atomic E-state index is 12.1. The van der Waals surface area contributed by atoms with Crippen molar-refractivity contribution in [2.24, 2.45) is 0 Å². The summed E-state index contributed by atoms with van der Waals surface area (Å²) >= 11 is 1.19. The summed E-state index contributed by atoms with van der Waals surface area (Å²) in [6.07, 6.45) is 0.571. The Morgan fingerprint density at radius 1 is 1.40 bits per heavy atom. The molecule has 0 saturated heterocycles. The number of nitro benzene ring substituents is 1. The summed E-state index contributed by atoms with van der Waals surface area (Å²) in [6, 6.07) is 5.51. The molecule has 0 saturated carbocycles. The third-order valence-corrected chi connectivity index (χ3v) is 3.93. The van der Waals surface area contributed by atoms with Gasteiger partial charge in [0.25, 0.3) is 11.6 Å².